The average Bonchev–Trinajstić information content (AvgIpc) is 2.95. The number of aromatic nitrogens is 3. The number of phenolic OH excluding ortho intramolecular Hbond substituents is 1. The molecule has 6 nitrogen and oxygen atoms in total. The predicted octanol–water partition coefficient (Wildman–Crippen LogP) is 2.27. The summed E-state index contributed by atoms with van der Waals surface area (Å²) in [5.74, 6) is 1.10. The SMILES string of the molecule is O=C(NC1CCc2nncn2CC1)c1cccc2cc(O)ccc12. The summed E-state index contributed by atoms with van der Waals surface area (Å²) >= 11 is 0. The molecule has 1 atom stereocenters. The van der Waals surface area contributed by atoms with Gasteiger partial charge >= 0.3 is 0 Å². The van der Waals surface area contributed by atoms with Gasteiger partial charge in [-0.25, -0.2) is 0 Å². The third kappa shape index (κ3) is 2.71. The maximum absolute atomic E-state index is 12.7. The lowest BCUT2D eigenvalue weighted by Gasteiger charge is -2.17. The molecule has 3 aromatic rings. The molecule has 0 fully saturated rings. The lowest BCUT2D eigenvalue weighted by molar-refractivity contribution is 0.0934. The summed E-state index contributed by atoms with van der Waals surface area (Å²) in [7, 11) is 0. The van der Waals surface area contributed by atoms with E-state index >= 15 is 0 Å². The van der Waals surface area contributed by atoms with E-state index in [9.17, 15) is 9.90 Å². The summed E-state index contributed by atoms with van der Waals surface area (Å²) < 4.78 is 2.05. The maximum Gasteiger partial charge on any atom is 0.252 e. The quantitative estimate of drug-likeness (QED) is 0.758. The van der Waals surface area contributed by atoms with Gasteiger partial charge in [0.2, 0.25) is 0 Å². The molecule has 1 aliphatic rings. The summed E-state index contributed by atoms with van der Waals surface area (Å²) in [4.78, 5) is 12.7. The average molecular weight is 322 g/mol. The Hall–Kier alpha value is -2.89. The number of aromatic hydroxyl groups is 1. The lowest BCUT2D eigenvalue weighted by atomic mass is 10.0. The fourth-order valence-electron chi connectivity index (χ4n) is 3.28. The number of nitrogens with one attached hydrogen (secondary N) is 1. The van der Waals surface area contributed by atoms with E-state index in [0.717, 1.165) is 42.4 Å². The van der Waals surface area contributed by atoms with Gasteiger partial charge in [-0.05, 0) is 47.9 Å². The molecular formula is C18H18N4O2. The van der Waals surface area contributed by atoms with Gasteiger partial charge in [-0.2, -0.15) is 0 Å². The van der Waals surface area contributed by atoms with Gasteiger partial charge in [0.25, 0.3) is 5.91 Å². The first-order chi connectivity index (χ1) is 11.7. The van der Waals surface area contributed by atoms with Gasteiger partial charge in [-0.15, -0.1) is 10.2 Å². The Morgan fingerprint density at radius 3 is 3.08 bits per heavy atom. The molecule has 0 radical (unpaired) electrons. The molecule has 4 rings (SSSR count). The fraction of sp³-hybridized carbons (Fsp3) is 0.278. The van der Waals surface area contributed by atoms with E-state index in [-0.39, 0.29) is 17.7 Å². The molecule has 2 aromatic carbocycles. The predicted molar refractivity (Wildman–Crippen MR) is 89.8 cm³/mol. The standard InChI is InChI=1S/C18H18N4O2/c23-14-5-6-15-12(10-14)2-1-3-16(15)18(24)20-13-4-7-17-21-19-11-22(17)9-8-13/h1-3,5-6,10-11,13,23H,4,7-9H2,(H,20,24). The molecule has 24 heavy (non-hydrogen) atoms. The third-order valence-electron chi connectivity index (χ3n) is 4.57. The largest absolute Gasteiger partial charge is 0.508 e. The molecule has 1 aliphatic heterocycles. The van der Waals surface area contributed by atoms with Crippen LogP contribution >= 0.6 is 0 Å². The smallest absolute Gasteiger partial charge is 0.252 e. The Labute approximate surface area is 139 Å². The van der Waals surface area contributed by atoms with E-state index in [1.54, 1.807) is 24.5 Å². The Balaban J connectivity index is 1.53. The Kier molecular flexibility index (Phi) is 3.65. The number of amides is 1. The number of nitrogens with zero attached hydrogens (tertiary/aromatic N) is 3. The van der Waals surface area contributed by atoms with Gasteiger partial charge in [0.1, 0.15) is 17.9 Å². The summed E-state index contributed by atoms with van der Waals surface area (Å²) in [5.41, 5.74) is 0.635. The van der Waals surface area contributed by atoms with Crippen LogP contribution in [-0.2, 0) is 13.0 Å². The number of carbonyl (C=O) groups is 1. The second kappa shape index (κ2) is 5.96. The van der Waals surface area contributed by atoms with Crippen LogP contribution in [0.1, 0.15) is 29.0 Å². The zero-order chi connectivity index (χ0) is 16.5. The van der Waals surface area contributed by atoms with Crippen molar-refractivity contribution in [2.24, 2.45) is 0 Å². The number of benzene rings is 2. The molecule has 1 aromatic heterocycles. The minimum absolute atomic E-state index is 0.0750. The zero-order valence-electron chi connectivity index (χ0n) is 13.1. The molecule has 122 valence electrons. The second-order valence-corrected chi connectivity index (χ2v) is 6.15. The van der Waals surface area contributed by atoms with Crippen molar-refractivity contribution in [2.45, 2.75) is 31.8 Å². The third-order valence-corrected chi connectivity index (χ3v) is 4.57. The molecule has 0 aliphatic carbocycles. The molecule has 1 amide bonds. The van der Waals surface area contributed by atoms with Crippen molar-refractivity contribution < 1.29 is 9.90 Å². The van der Waals surface area contributed by atoms with E-state index in [1.165, 1.54) is 0 Å². The molecule has 2 heterocycles. The summed E-state index contributed by atoms with van der Waals surface area (Å²) in [6.45, 7) is 0.816. The van der Waals surface area contributed by atoms with Crippen LogP contribution in [0.2, 0.25) is 0 Å². The molecule has 2 N–H and O–H groups in total. The van der Waals surface area contributed by atoms with Crippen molar-refractivity contribution in [2.75, 3.05) is 0 Å². The van der Waals surface area contributed by atoms with E-state index in [2.05, 4.69) is 15.5 Å². The summed E-state index contributed by atoms with van der Waals surface area (Å²) in [6, 6.07) is 10.7. The van der Waals surface area contributed by atoms with Crippen LogP contribution < -0.4 is 5.32 Å². The highest BCUT2D eigenvalue weighted by atomic mass is 16.3. The Bertz CT molecular complexity index is 880. The van der Waals surface area contributed by atoms with Gasteiger partial charge in [0.15, 0.2) is 0 Å². The number of fused-ring (bicyclic) bond motifs is 2. The molecule has 0 saturated heterocycles. The van der Waals surface area contributed by atoms with E-state index in [0.29, 0.717) is 5.56 Å². The van der Waals surface area contributed by atoms with Gasteiger partial charge in [-0.3, -0.25) is 4.79 Å². The minimum atomic E-state index is -0.0750. The van der Waals surface area contributed by atoms with Crippen molar-refractivity contribution in [1.82, 2.24) is 20.1 Å². The highest BCUT2D eigenvalue weighted by Gasteiger charge is 2.20. The zero-order valence-corrected chi connectivity index (χ0v) is 13.1. The topological polar surface area (TPSA) is 80.0 Å². The van der Waals surface area contributed by atoms with Crippen molar-refractivity contribution in [3.05, 3.63) is 54.1 Å². The summed E-state index contributed by atoms with van der Waals surface area (Å²) in [5, 5.41) is 22.5. The summed E-state index contributed by atoms with van der Waals surface area (Å²) in [6.07, 6.45) is 4.28. The number of carbonyl (C=O) groups excluding carboxylic acids is 1. The number of rotatable bonds is 2. The van der Waals surface area contributed by atoms with Crippen molar-refractivity contribution >= 4 is 16.7 Å². The van der Waals surface area contributed by atoms with Crippen LogP contribution in [0.25, 0.3) is 10.8 Å². The number of hydrogen-bond acceptors (Lipinski definition) is 4. The van der Waals surface area contributed by atoms with Crippen LogP contribution in [0.4, 0.5) is 0 Å². The highest BCUT2D eigenvalue weighted by Crippen LogP contribution is 2.23. The monoisotopic (exact) mass is 322 g/mol. The highest BCUT2D eigenvalue weighted by molar-refractivity contribution is 6.07. The normalized spacial score (nSPS) is 17.2. The van der Waals surface area contributed by atoms with Gasteiger partial charge < -0.3 is 15.0 Å². The first kappa shape index (κ1) is 14.7. The first-order valence-electron chi connectivity index (χ1n) is 8.10. The van der Waals surface area contributed by atoms with Crippen molar-refractivity contribution in [1.29, 1.82) is 0 Å². The van der Waals surface area contributed by atoms with E-state index < -0.39 is 0 Å². The second-order valence-electron chi connectivity index (χ2n) is 6.15. The first-order valence-corrected chi connectivity index (χ1v) is 8.10. The van der Waals surface area contributed by atoms with Gasteiger partial charge in [0, 0.05) is 24.6 Å². The fourth-order valence-corrected chi connectivity index (χ4v) is 3.28. The Morgan fingerprint density at radius 2 is 2.17 bits per heavy atom. The molecule has 1 unspecified atom stereocenters. The number of hydrogen-bond donors (Lipinski definition) is 2. The number of aryl methyl sites for hydroxylation is 2. The lowest BCUT2D eigenvalue weighted by Crippen LogP contribution is -2.35. The molecule has 0 saturated carbocycles. The molecular weight excluding hydrogens is 304 g/mol. The van der Waals surface area contributed by atoms with Gasteiger partial charge in [0.05, 0.1) is 0 Å². The number of phenols is 1. The molecule has 0 spiro atoms. The Morgan fingerprint density at radius 1 is 1.25 bits per heavy atom. The van der Waals surface area contributed by atoms with Gasteiger partial charge in [-0.1, -0.05) is 12.1 Å². The van der Waals surface area contributed by atoms with Crippen LogP contribution in [0, 0.1) is 0 Å². The van der Waals surface area contributed by atoms with Crippen molar-refractivity contribution in [3.63, 3.8) is 0 Å². The van der Waals surface area contributed by atoms with E-state index in [4.69, 9.17) is 0 Å². The van der Waals surface area contributed by atoms with Crippen LogP contribution in [0.5, 0.6) is 5.75 Å². The van der Waals surface area contributed by atoms with Crippen molar-refractivity contribution in [3.8, 4) is 5.75 Å². The van der Waals surface area contributed by atoms with Crippen LogP contribution in [0.3, 0.4) is 0 Å². The van der Waals surface area contributed by atoms with Crippen LogP contribution in [0.15, 0.2) is 42.7 Å². The molecule has 0 bridgehead atoms. The van der Waals surface area contributed by atoms with Crippen LogP contribution in [-0.4, -0.2) is 31.8 Å². The molecule has 6 heteroatoms. The van der Waals surface area contributed by atoms with E-state index in [1.807, 2.05) is 22.8 Å². The maximum atomic E-state index is 12.7. The minimum Gasteiger partial charge on any atom is -0.508 e.